The van der Waals surface area contributed by atoms with Crippen molar-refractivity contribution in [2.45, 2.75) is 26.2 Å². The van der Waals surface area contributed by atoms with Crippen LogP contribution in [0.1, 0.15) is 25.3 Å². The van der Waals surface area contributed by atoms with Gasteiger partial charge < -0.3 is 19.9 Å². The van der Waals surface area contributed by atoms with Crippen LogP contribution in [0.5, 0.6) is 17.2 Å². The predicted octanol–water partition coefficient (Wildman–Crippen LogP) is 4.08. The molecule has 0 amide bonds. The summed E-state index contributed by atoms with van der Waals surface area (Å²) < 4.78 is 16.8. The summed E-state index contributed by atoms with van der Waals surface area (Å²) in [5, 5.41) is 0. The lowest BCUT2D eigenvalue weighted by Crippen LogP contribution is -2.04. The molecule has 2 N–H and O–H groups in total. The highest BCUT2D eigenvalue weighted by atomic mass is 16.5. The third-order valence-corrected chi connectivity index (χ3v) is 3.59. The predicted molar refractivity (Wildman–Crippen MR) is 93.5 cm³/mol. The van der Waals surface area contributed by atoms with E-state index in [0.717, 1.165) is 30.8 Å². The highest BCUT2D eigenvalue weighted by molar-refractivity contribution is 5.51. The van der Waals surface area contributed by atoms with E-state index in [0.29, 0.717) is 24.7 Å². The van der Waals surface area contributed by atoms with Crippen molar-refractivity contribution in [3.05, 3.63) is 48.0 Å². The average Bonchev–Trinajstić information content (AvgIpc) is 2.59. The Balaban J connectivity index is 1.70. The van der Waals surface area contributed by atoms with Gasteiger partial charge in [0, 0.05) is 11.8 Å². The first-order valence-electron chi connectivity index (χ1n) is 8.01. The molecule has 0 aliphatic carbocycles. The maximum atomic E-state index is 5.84. The second-order valence-electron chi connectivity index (χ2n) is 5.28. The van der Waals surface area contributed by atoms with Gasteiger partial charge in [-0.25, -0.2) is 0 Å². The van der Waals surface area contributed by atoms with Gasteiger partial charge >= 0.3 is 0 Å². The Morgan fingerprint density at radius 3 is 2.26 bits per heavy atom. The fourth-order valence-electron chi connectivity index (χ4n) is 2.31. The van der Waals surface area contributed by atoms with Crippen LogP contribution in [0.2, 0.25) is 0 Å². The standard InChI is InChI=1S/C19H25NO3/c1-3-15-8-4-5-9-17(15)22-12-6-7-13-23-18-11-10-16(20)14-19(18)21-2/h4-5,8-11,14H,3,6-7,12-13,20H2,1-2H3. The van der Waals surface area contributed by atoms with Crippen molar-refractivity contribution in [3.63, 3.8) is 0 Å². The quantitative estimate of drug-likeness (QED) is 0.559. The van der Waals surface area contributed by atoms with Gasteiger partial charge in [-0.3, -0.25) is 0 Å². The molecule has 2 aromatic carbocycles. The van der Waals surface area contributed by atoms with E-state index in [-0.39, 0.29) is 0 Å². The van der Waals surface area contributed by atoms with Crippen molar-refractivity contribution in [1.82, 2.24) is 0 Å². The van der Waals surface area contributed by atoms with Crippen molar-refractivity contribution in [1.29, 1.82) is 0 Å². The third-order valence-electron chi connectivity index (χ3n) is 3.59. The number of para-hydroxylation sites is 1. The van der Waals surface area contributed by atoms with Gasteiger partial charge in [-0.1, -0.05) is 25.1 Å². The van der Waals surface area contributed by atoms with Crippen molar-refractivity contribution in [2.75, 3.05) is 26.1 Å². The van der Waals surface area contributed by atoms with Gasteiger partial charge in [0.2, 0.25) is 0 Å². The molecule has 0 aromatic heterocycles. The summed E-state index contributed by atoms with van der Waals surface area (Å²) in [6.07, 6.45) is 2.84. The Labute approximate surface area is 138 Å². The summed E-state index contributed by atoms with van der Waals surface area (Å²) in [4.78, 5) is 0. The first kappa shape index (κ1) is 17.0. The number of aryl methyl sites for hydroxylation is 1. The Hall–Kier alpha value is -2.36. The molecule has 0 bridgehead atoms. The van der Waals surface area contributed by atoms with Crippen LogP contribution in [0.15, 0.2) is 42.5 Å². The average molecular weight is 315 g/mol. The zero-order valence-corrected chi connectivity index (χ0v) is 13.9. The Kier molecular flexibility index (Phi) is 6.60. The lowest BCUT2D eigenvalue weighted by atomic mass is 10.1. The summed E-state index contributed by atoms with van der Waals surface area (Å²) in [7, 11) is 1.61. The van der Waals surface area contributed by atoms with E-state index in [9.17, 15) is 0 Å². The van der Waals surface area contributed by atoms with Gasteiger partial charge in [0.25, 0.3) is 0 Å². The van der Waals surface area contributed by atoms with Crippen LogP contribution in [-0.4, -0.2) is 20.3 Å². The molecule has 0 saturated heterocycles. The van der Waals surface area contributed by atoms with Gasteiger partial charge in [0.15, 0.2) is 11.5 Å². The van der Waals surface area contributed by atoms with E-state index >= 15 is 0 Å². The van der Waals surface area contributed by atoms with Crippen LogP contribution in [0.25, 0.3) is 0 Å². The smallest absolute Gasteiger partial charge is 0.162 e. The summed E-state index contributed by atoms with van der Waals surface area (Å²) >= 11 is 0. The number of hydrogen-bond donors (Lipinski definition) is 1. The van der Waals surface area contributed by atoms with Crippen molar-refractivity contribution in [3.8, 4) is 17.2 Å². The van der Waals surface area contributed by atoms with Crippen molar-refractivity contribution >= 4 is 5.69 Å². The maximum Gasteiger partial charge on any atom is 0.162 e. The summed E-state index contributed by atoms with van der Waals surface area (Å²) in [5.41, 5.74) is 7.63. The Bertz CT molecular complexity index is 613. The molecule has 0 atom stereocenters. The molecule has 2 rings (SSSR count). The van der Waals surface area contributed by atoms with Gasteiger partial charge in [-0.2, -0.15) is 0 Å². The van der Waals surface area contributed by atoms with Crippen LogP contribution in [0.3, 0.4) is 0 Å². The number of unbranched alkanes of at least 4 members (excludes halogenated alkanes) is 1. The SMILES string of the molecule is CCc1ccccc1OCCCCOc1ccc(N)cc1OC. The minimum atomic E-state index is 0.624. The van der Waals surface area contributed by atoms with Crippen LogP contribution < -0.4 is 19.9 Å². The number of anilines is 1. The van der Waals surface area contributed by atoms with Crippen LogP contribution in [0, 0.1) is 0 Å². The second-order valence-corrected chi connectivity index (χ2v) is 5.28. The number of nitrogens with two attached hydrogens (primary N) is 1. The molecule has 0 aliphatic heterocycles. The van der Waals surface area contributed by atoms with Gasteiger partial charge in [0.1, 0.15) is 5.75 Å². The van der Waals surface area contributed by atoms with E-state index in [1.54, 1.807) is 13.2 Å². The molecule has 0 radical (unpaired) electrons. The lowest BCUT2D eigenvalue weighted by Gasteiger charge is -2.12. The minimum absolute atomic E-state index is 0.624. The Morgan fingerprint density at radius 1 is 0.870 bits per heavy atom. The van der Waals surface area contributed by atoms with E-state index in [2.05, 4.69) is 13.0 Å². The zero-order chi connectivity index (χ0) is 16.5. The fraction of sp³-hybridized carbons (Fsp3) is 0.368. The summed E-state index contributed by atoms with van der Waals surface area (Å²) in [6.45, 7) is 3.45. The molecule has 0 heterocycles. The lowest BCUT2D eigenvalue weighted by molar-refractivity contribution is 0.257. The largest absolute Gasteiger partial charge is 0.493 e. The maximum absolute atomic E-state index is 5.84. The molecule has 4 nitrogen and oxygen atoms in total. The Morgan fingerprint density at radius 2 is 1.57 bits per heavy atom. The molecule has 23 heavy (non-hydrogen) atoms. The van der Waals surface area contributed by atoms with E-state index in [1.165, 1.54) is 5.56 Å². The van der Waals surface area contributed by atoms with Crippen LogP contribution in [0.4, 0.5) is 5.69 Å². The molecule has 2 aromatic rings. The highest BCUT2D eigenvalue weighted by Gasteiger charge is 2.04. The second kappa shape index (κ2) is 8.93. The number of benzene rings is 2. The first-order chi connectivity index (χ1) is 11.2. The molecule has 0 fully saturated rings. The topological polar surface area (TPSA) is 53.7 Å². The third kappa shape index (κ3) is 5.09. The van der Waals surface area contributed by atoms with Gasteiger partial charge in [-0.05, 0) is 43.0 Å². The summed E-state index contributed by atoms with van der Waals surface area (Å²) in [5.74, 6) is 2.37. The van der Waals surface area contributed by atoms with Crippen LogP contribution >= 0.6 is 0 Å². The van der Waals surface area contributed by atoms with Gasteiger partial charge in [-0.15, -0.1) is 0 Å². The monoisotopic (exact) mass is 315 g/mol. The fourth-order valence-corrected chi connectivity index (χ4v) is 2.31. The van der Waals surface area contributed by atoms with Gasteiger partial charge in [0.05, 0.1) is 20.3 Å². The molecular formula is C19H25NO3. The van der Waals surface area contributed by atoms with E-state index in [4.69, 9.17) is 19.9 Å². The van der Waals surface area contributed by atoms with Crippen molar-refractivity contribution < 1.29 is 14.2 Å². The number of nitrogen functional groups attached to an aromatic ring is 1. The number of methoxy groups -OCH3 is 1. The van der Waals surface area contributed by atoms with Crippen molar-refractivity contribution in [2.24, 2.45) is 0 Å². The zero-order valence-electron chi connectivity index (χ0n) is 13.9. The number of ether oxygens (including phenoxy) is 3. The summed E-state index contributed by atoms with van der Waals surface area (Å²) in [6, 6.07) is 13.6. The number of rotatable bonds is 9. The molecule has 0 spiro atoms. The molecule has 4 heteroatoms. The molecule has 0 unspecified atom stereocenters. The number of hydrogen-bond acceptors (Lipinski definition) is 4. The molecule has 0 saturated carbocycles. The molecule has 0 aliphatic rings. The van der Waals surface area contributed by atoms with E-state index < -0.39 is 0 Å². The normalized spacial score (nSPS) is 10.3. The highest BCUT2D eigenvalue weighted by Crippen LogP contribution is 2.29. The van der Waals surface area contributed by atoms with Crippen LogP contribution in [-0.2, 0) is 6.42 Å². The molecule has 124 valence electrons. The minimum Gasteiger partial charge on any atom is -0.493 e. The molecular weight excluding hydrogens is 290 g/mol. The van der Waals surface area contributed by atoms with E-state index in [1.807, 2.05) is 30.3 Å². The first-order valence-corrected chi connectivity index (χ1v) is 8.01.